The Labute approximate surface area is 118 Å². The monoisotopic (exact) mass is 327 g/mol. The SMILES string of the molecule is COc1ccc(Br)c2c(NC3CC3)nc(Cl)nc12. The van der Waals surface area contributed by atoms with Crippen molar-refractivity contribution in [2.75, 3.05) is 12.4 Å². The first-order valence-electron chi connectivity index (χ1n) is 5.65. The van der Waals surface area contributed by atoms with Gasteiger partial charge in [-0.1, -0.05) is 0 Å². The molecule has 0 radical (unpaired) electrons. The standard InChI is InChI=1S/C12H11BrClN3O/c1-18-8-5-4-7(13)9-10(8)16-12(14)17-11(9)15-6-2-3-6/h4-6H,2-3H2,1H3,(H,15,16,17). The van der Waals surface area contributed by atoms with Crippen LogP contribution in [0.15, 0.2) is 16.6 Å². The summed E-state index contributed by atoms with van der Waals surface area (Å²) in [5.74, 6) is 1.45. The van der Waals surface area contributed by atoms with Crippen molar-refractivity contribution in [2.45, 2.75) is 18.9 Å². The van der Waals surface area contributed by atoms with E-state index in [2.05, 4.69) is 31.2 Å². The number of halogens is 2. The number of methoxy groups -OCH3 is 1. The van der Waals surface area contributed by atoms with Crippen LogP contribution in [0.4, 0.5) is 5.82 Å². The summed E-state index contributed by atoms with van der Waals surface area (Å²) < 4.78 is 6.24. The van der Waals surface area contributed by atoms with E-state index in [9.17, 15) is 0 Å². The molecular formula is C12H11BrClN3O. The van der Waals surface area contributed by atoms with Crippen LogP contribution in [0.1, 0.15) is 12.8 Å². The van der Waals surface area contributed by atoms with Gasteiger partial charge in [-0.3, -0.25) is 0 Å². The van der Waals surface area contributed by atoms with E-state index >= 15 is 0 Å². The van der Waals surface area contributed by atoms with E-state index in [1.54, 1.807) is 7.11 Å². The number of hydrogen-bond acceptors (Lipinski definition) is 4. The lowest BCUT2D eigenvalue weighted by atomic mass is 10.2. The van der Waals surface area contributed by atoms with Crippen LogP contribution in [0.25, 0.3) is 10.9 Å². The maximum atomic E-state index is 5.98. The second kappa shape index (κ2) is 4.55. The molecule has 1 aliphatic rings. The van der Waals surface area contributed by atoms with Gasteiger partial charge in [0.2, 0.25) is 5.28 Å². The van der Waals surface area contributed by atoms with Crippen molar-refractivity contribution >= 4 is 44.3 Å². The molecule has 0 spiro atoms. The lowest BCUT2D eigenvalue weighted by Gasteiger charge is -2.11. The average molecular weight is 329 g/mol. The van der Waals surface area contributed by atoms with Crippen molar-refractivity contribution in [3.05, 3.63) is 21.9 Å². The summed E-state index contributed by atoms with van der Waals surface area (Å²) in [5.41, 5.74) is 0.718. The molecule has 4 nitrogen and oxygen atoms in total. The van der Waals surface area contributed by atoms with Gasteiger partial charge in [0.25, 0.3) is 0 Å². The lowest BCUT2D eigenvalue weighted by Crippen LogP contribution is -2.05. The molecule has 1 aromatic heterocycles. The zero-order valence-electron chi connectivity index (χ0n) is 9.70. The van der Waals surface area contributed by atoms with E-state index in [1.165, 1.54) is 12.8 Å². The summed E-state index contributed by atoms with van der Waals surface area (Å²) in [5, 5.41) is 4.50. The van der Waals surface area contributed by atoms with E-state index in [0.29, 0.717) is 11.8 Å². The number of benzene rings is 1. The van der Waals surface area contributed by atoms with Gasteiger partial charge in [-0.05, 0) is 52.5 Å². The largest absolute Gasteiger partial charge is 0.494 e. The van der Waals surface area contributed by atoms with E-state index in [4.69, 9.17) is 16.3 Å². The van der Waals surface area contributed by atoms with Gasteiger partial charge in [0, 0.05) is 10.5 Å². The fourth-order valence-corrected chi connectivity index (χ4v) is 2.52. The minimum absolute atomic E-state index is 0.224. The fourth-order valence-electron chi connectivity index (χ4n) is 1.84. The molecule has 0 aliphatic heterocycles. The summed E-state index contributed by atoms with van der Waals surface area (Å²) in [6.45, 7) is 0. The first-order chi connectivity index (χ1) is 8.69. The normalized spacial score (nSPS) is 14.8. The number of aromatic nitrogens is 2. The Morgan fingerprint density at radius 3 is 2.83 bits per heavy atom. The Hall–Kier alpha value is -1.07. The Morgan fingerprint density at radius 1 is 1.39 bits per heavy atom. The van der Waals surface area contributed by atoms with E-state index in [0.717, 1.165) is 21.2 Å². The molecule has 1 aliphatic carbocycles. The lowest BCUT2D eigenvalue weighted by molar-refractivity contribution is 0.419. The maximum absolute atomic E-state index is 5.98. The number of nitrogens with zero attached hydrogens (tertiary/aromatic N) is 2. The Bertz CT molecular complexity index is 616. The van der Waals surface area contributed by atoms with Crippen molar-refractivity contribution in [3.63, 3.8) is 0 Å². The average Bonchev–Trinajstić information content (AvgIpc) is 3.13. The molecule has 1 saturated carbocycles. The van der Waals surface area contributed by atoms with Gasteiger partial charge < -0.3 is 10.1 Å². The molecule has 1 N–H and O–H groups in total. The van der Waals surface area contributed by atoms with Crippen LogP contribution in [0.2, 0.25) is 5.28 Å². The van der Waals surface area contributed by atoms with Gasteiger partial charge >= 0.3 is 0 Å². The molecule has 0 saturated heterocycles. The third-order valence-corrected chi connectivity index (χ3v) is 3.70. The van der Waals surface area contributed by atoms with Crippen molar-refractivity contribution in [2.24, 2.45) is 0 Å². The summed E-state index contributed by atoms with van der Waals surface area (Å²) in [6, 6.07) is 4.28. The van der Waals surface area contributed by atoms with Gasteiger partial charge in [0.15, 0.2) is 0 Å². The number of ether oxygens (including phenoxy) is 1. The smallest absolute Gasteiger partial charge is 0.225 e. The highest BCUT2D eigenvalue weighted by Crippen LogP contribution is 2.37. The highest BCUT2D eigenvalue weighted by Gasteiger charge is 2.24. The molecule has 1 heterocycles. The van der Waals surface area contributed by atoms with Gasteiger partial charge in [0.1, 0.15) is 17.1 Å². The summed E-state index contributed by atoms with van der Waals surface area (Å²) in [7, 11) is 1.62. The maximum Gasteiger partial charge on any atom is 0.225 e. The van der Waals surface area contributed by atoms with Crippen molar-refractivity contribution in [3.8, 4) is 5.75 Å². The van der Waals surface area contributed by atoms with Gasteiger partial charge in [-0.2, -0.15) is 0 Å². The minimum Gasteiger partial charge on any atom is -0.494 e. The molecule has 0 unspecified atom stereocenters. The second-order valence-electron chi connectivity index (χ2n) is 4.23. The second-order valence-corrected chi connectivity index (χ2v) is 5.43. The van der Waals surface area contributed by atoms with Gasteiger partial charge in [0.05, 0.1) is 12.5 Å². The fraction of sp³-hybridized carbons (Fsp3) is 0.333. The van der Waals surface area contributed by atoms with Crippen LogP contribution in [0, 0.1) is 0 Å². The first kappa shape index (κ1) is 12.0. The molecule has 0 amide bonds. The van der Waals surface area contributed by atoms with Crippen LogP contribution in [-0.2, 0) is 0 Å². The van der Waals surface area contributed by atoms with Crippen LogP contribution in [0.5, 0.6) is 5.75 Å². The quantitative estimate of drug-likeness (QED) is 0.874. The van der Waals surface area contributed by atoms with Crippen LogP contribution in [-0.4, -0.2) is 23.1 Å². The molecule has 6 heteroatoms. The minimum atomic E-state index is 0.224. The molecule has 18 heavy (non-hydrogen) atoms. The van der Waals surface area contributed by atoms with Crippen LogP contribution < -0.4 is 10.1 Å². The topological polar surface area (TPSA) is 47.0 Å². The molecule has 0 atom stereocenters. The highest BCUT2D eigenvalue weighted by molar-refractivity contribution is 9.10. The molecule has 3 rings (SSSR count). The molecule has 1 aromatic carbocycles. The predicted octanol–water partition coefficient (Wildman–Crippen LogP) is 3.63. The Kier molecular flexibility index (Phi) is 3.03. The first-order valence-corrected chi connectivity index (χ1v) is 6.82. The number of rotatable bonds is 3. The number of hydrogen-bond donors (Lipinski definition) is 1. The van der Waals surface area contributed by atoms with E-state index in [-0.39, 0.29) is 5.28 Å². The molecule has 2 aromatic rings. The van der Waals surface area contributed by atoms with Gasteiger partial charge in [-0.25, -0.2) is 9.97 Å². The van der Waals surface area contributed by atoms with E-state index in [1.807, 2.05) is 12.1 Å². The molecule has 1 fully saturated rings. The zero-order chi connectivity index (χ0) is 12.7. The Balaban J connectivity index is 2.26. The third kappa shape index (κ3) is 2.12. The van der Waals surface area contributed by atoms with Crippen molar-refractivity contribution < 1.29 is 4.74 Å². The van der Waals surface area contributed by atoms with Crippen LogP contribution >= 0.6 is 27.5 Å². The van der Waals surface area contributed by atoms with Gasteiger partial charge in [-0.15, -0.1) is 0 Å². The summed E-state index contributed by atoms with van der Waals surface area (Å²) >= 11 is 9.50. The zero-order valence-corrected chi connectivity index (χ0v) is 12.0. The Morgan fingerprint density at radius 2 is 2.17 bits per heavy atom. The number of anilines is 1. The predicted molar refractivity (Wildman–Crippen MR) is 75.4 cm³/mol. The summed E-state index contributed by atoms with van der Waals surface area (Å²) in [6.07, 6.45) is 2.34. The van der Waals surface area contributed by atoms with Crippen molar-refractivity contribution in [1.82, 2.24) is 9.97 Å². The molecular weight excluding hydrogens is 318 g/mol. The van der Waals surface area contributed by atoms with Crippen LogP contribution in [0.3, 0.4) is 0 Å². The molecule has 0 bridgehead atoms. The molecule has 94 valence electrons. The number of fused-ring (bicyclic) bond motifs is 1. The number of nitrogens with one attached hydrogen (secondary N) is 1. The van der Waals surface area contributed by atoms with E-state index < -0.39 is 0 Å². The summed E-state index contributed by atoms with van der Waals surface area (Å²) in [4.78, 5) is 8.53. The highest BCUT2D eigenvalue weighted by atomic mass is 79.9. The third-order valence-electron chi connectivity index (χ3n) is 2.87. The van der Waals surface area contributed by atoms with Crippen molar-refractivity contribution in [1.29, 1.82) is 0 Å².